The summed E-state index contributed by atoms with van der Waals surface area (Å²) in [5, 5.41) is 0. The van der Waals surface area contributed by atoms with Crippen LogP contribution in [-0.4, -0.2) is 24.6 Å². The number of hydrogen-bond donors (Lipinski definition) is 2. The van der Waals surface area contributed by atoms with Gasteiger partial charge in [0.25, 0.3) is 0 Å². The van der Waals surface area contributed by atoms with Gasteiger partial charge in [-0.05, 0) is 24.5 Å². The Bertz CT molecular complexity index is 89.1. The number of aldehydes is 2. The summed E-state index contributed by atoms with van der Waals surface area (Å²) in [5.74, 6) is 0.818. The Hall–Kier alpha value is -0.220. The third-order valence-corrected chi connectivity index (χ3v) is 0.893. The van der Waals surface area contributed by atoms with Crippen LogP contribution in [0.1, 0.15) is 12.8 Å². The summed E-state index contributed by atoms with van der Waals surface area (Å²) in [7, 11) is 0. The van der Waals surface area contributed by atoms with Crippen molar-refractivity contribution in [3.63, 3.8) is 0 Å². The third kappa shape index (κ3) is 52.8. The molecule has 0 aromatic rings. The Balaban J connectivity index is -0.000000118. The molecule has 4 heteroatoms. The van der Waals surface area contributed by atoms with Crippen LogP contribution in [0.15, 0.2) is 12.7 Å². The molecular weight excluding hydrogens is 192 g/mol. The van der Waals surface area contributed by atoms with Crippen LogP contribution in [0.4, 0.5) is 0 Å². The van der Waals surface area contributed by atoms with Crippen molar-refractivity contribution in [3.05, 3.63) is 12.7 Å². The van der Waals surface area contributed by atoms with E-state index in [2.05, 4.69) is 31.8 Å². The second kappa shape index (κ2) is 30.9. The lowest BCUT2D eigenvalue weighted by Crippen LogP contribution is -1.74. The van der Waals surface area contributed by atoms with Gasteiger partial charge in [0.05, 0.1) is 0 Å². The van der Waals surface area contributed by atoms with Crippen LogP contribution in [0.2, 0.25) is 0 Å². The number of rotatable bonds is 4. The molecule has 0 saturated heterocycles. The lowest BCUT2D eigenvalue weighted by molar-refractivity contribution is -0.108. The van der Waals surface area contributed by atoms with Gasteiger partial charge in [0, 0.05) is 6.42 Å². The van der Waals surface area contributed by atoms with Gasteiger partial charge in [0.2, 0.25) is 0 Å². The first-order chi connectivity index (χ1) is 5.83. The summed E-state index contributed by atoms with van der Waals surface area (Å²) in [6.45, 7) is 3.11. The van der Waals surface area contributed by atoms with Crippen LogP contribution in [-0.2, 0) is 9.59 Å². The Morgan fingerprint density at radius 3 is 1.83 bits per heavy atom. The van der Waals surface area contributed by atoms with Gasteiger partial charge in [0.1, 0.15) is 12.6 Å². The highest BCUT2D eigenvalue weighted by atomic mass is 32.1. The van der Waals surface area contributed by atoms with E-state index in [9.17, 15) is 4.79 Å². The van der Waals surface area contributed by atoms with Crippen LogP contribution in [0.3, 0.4) is 0 Å². The van der Waals surface area contributed by atoms with Crippen LogP contribution in [0.25, 0.3) is 0 Å². The molecular formula is C8H16O2S2. The van der Waals surface area contributed by atoms with Gasteiger partial charge in [-0.2, -0.15) is 25.3 Å². The Labute approximate surface area is 85.2 Å². The number of allylic oxidation sites excluding steroid dienone is 1. The summed E-state index contributed by atoms with van der Waals surface area (Å²) in [5.41, 5.74) is 0. The smallest absolute Gasteiger partial charge is 0.142 e. The topological polar surface area (TPSA) is 34.1 Å². The van der Waals surface area contributed by atoms with E-state index in [1.807, 2.05) is 0 Å². The first kappa shape index (κ1) is 17.8. The lowest BCUT2D eigenvalue weighted by Gasteiger charge is -1.78. The largest absolute Gasteiger partial charge is 0.303 e. The van der Waals surface area contributed by atoms with Crippen LogP contribution in [0.5, 0.6) is 0 Å². The Morgan fingerprint density at radius 1 is 1.33 bits per heavy atom. The standard InChI is InChI=1S/C4H8OS.C3H4O.CH4S/c5-3-1-2-4-6;1-2-3-4;1-2/h3,6H,1-2,4H2;2-3H,1H2;2H,1H3. The Morgan fingerprint density at radius 2 is 1.75 bits per heavy atom. The molecule has 0 unspecified atom stereocenters. The fraction of sp³-hybridized carbons (Fsp3) is 0.500. The van der Waals surface area contributed by atoms with Crippen molar-refractivity contribution >= 4 is 37.8 Å². The van der Waals surface area contributed by atoms with E-state index in [4.69, 9.17) is 4.79 Å². The van der Waals surface area contributed by atoms with Crippen molar-refractivity contribution in [2.75, 3.05) is 12.0 Å². The maximum absolute atomic E-state index is 9.53. The van der Waals surface area contributed by atoms with Gasteiger partial charge in [-0.1, -0.05) is 6.58 Å². The van der Waals surface area contributed by atoms with Crippen molar-refractivity contribution in [2.24, 2.45) is 0 Å². The number of carbonyl (C=O) groups is 2. The van der Waals surface area contributed by atoms with E-state index in [-0.39, 0.29) is 0 Å². The van der Waals surface area contributed by atoms with E-state index in [0.717, 1.165) is 18.5 Å². The molecule has 0 bridgehead atoms. The fourth-order valence-corrected chi connectivity index (χ4v) is 0.357. The van der Waals surface area contributed by atoms with Gasteiger partial charge >= 0.3 is 0 Å². The quantitative estimate of drug-likeness (QED) is 0.320. The van der Waals surface area contributed by atoms with Gasteiger partial charge in [-0.25, -0.2) is 0 Å². The summed E-state index contributed by atoms with van der Waals surface area (Å²) in [6, 6.07) is 0. The minimum atomic E-state index is 0.639. The molecule has 0 fully saturated rings. The van der Waals surface area contributed by atoms with E-state index in [0.29, 0.717) is 12.7 Å². The molecule has 0 spiro atoms. The zero-order valence-electron chi connectivity index (χ0n) is 7.27. The molecule has 72 valence electrons. The summed E-state index contributed by atoms with van der Waals surface area (Å²) in [4.78, 5) is 18.6. The predicted molar refractivity (Wildman–Crippen MR) is 60.3 cm³/mol. The highest BCUT2D eigenvalue weighted by Crippen LogP contribution is 1.84. The molecule has 2 nitrogen and oxygen atoms in total. The molecule has 0 heterocycles. The number of thiol groups is 2. The molecule has 0 radical (unpaired) electrons. The van der Waals surface area contributed by atoms with Crippen LogP contribution in [0, 0.1) is 0 Å². The number of hydrogen-bond acceptors (Lipinski definition) is 4. The minimum absolute atomic E-state index is 0.639. The molecule has 0 aliphatic heterocycles. The highest BCUT2D eigenvalue weighted by Gasteiger charge is 1.75. The maximum Gasteiger partial charge on any atom is 0.142 e. The molecule has 0 saturated carbocycles. The second-order valence-corrected chi connectivity index (χ2v) is 1.85. The first-order valence-corrected chi connectivity index (χ1v) is 4.91. The van der Waals surface area contributed by atoms with Gasteiger partial charge in [-0.15, -0.1) is 0 Å². The van der Waals surface area contributed by atoms with Crippen molar-refractivity contribution in [2.45, 2.75) is 12.8 Å². The summed E-state index contributed by atoms with van der Waals surface area (Å²) in [6.07, 6.45) is 6.01. The molecule has 0 atom stereocenters. The van der Waals surface area contributed by atoms with Crippen LogP contribution < -0.4 is 0 Å². The molecule has 0 amide bonds. The van der Waals surface area contributed by atoms with E-state index < -0.39 is 0 Å². The summed E-state index contributed by atoms with van der Waals surface area (Å²) >= 11 is 7.42. The molecule has 0 aromatic heterocycles. The average molecular weight is 208 g/mol. The van der Waals surface area contributed by atoms with Crippen molar-refractivity contribution in [3.8, 4) is 0 Å². The van der Waals surface area contributed by atoms with E-state index >= 15 is 0 Å². The first-order valence-electron chi connectivity index (χ1n) is 3.38. The molecule has 0 aliphatic rings. The fourth-order valence-electron chi connectivity index (χ4n) is 0.175. The molecule has 0 N–H and O–H groups in total. The van der Waals surface area contributed by atoms with Crippen molar-refractivity contribution < 1.29 is 9.59 Å². The molecule has 0 aromatic carbocycles. The molecule has 0 rings (SSSR count). The molecule has 12 heavy (non-hydrogen) atoms. The third-order valence-electron chi connectivity index (χ3n) is 0.576. The summed E-state index contributed by atoms with van der Waals surface area (Å²) < 4.78 is 0. The minimum Gasteiger partial charge on any atom is -0.303 e. The van der Waals surface area contributed by atoms with Gasteiger partial charge in [0.15, 0.2) is 0 Å². The predicted octanol–water partition coefficient (Wildman–Crippen LogP) is 1.81. The monoisotopic (exact) mass is 208 g/mol. The van der Waals surface area contributed by atoms with E-state index in [1.54, 1.807) is 6.26 Å². The maximum atomic E-state index is 9.53. The van der Waals surface area contributed by atoms with Crippen molar-refractivity contribution in [1.82, 2.24) is 0 Å². The zero-order chi connectivity index (χ0) is 10.2. The number of unbranched alkanes of at least 4 members (excludes halogenated alkanes) is 1. The lowest BCUT2D eigenvalue weighted by atomic mass is 10.4. The van der Waals surface area contributed by atoms with Crippen molar-refractivity contribution in [1.29, 1.82) is 0 Å². The van der Waals surface area contributed by atoms with Gasteiger partial charge < -0.3 is 4.79 Å². The highest BCUT2D eigenvalue weighted by molar-refractivity contribution is 7.80. The zero-order valence-corrected chi connectivity index (χ0v) is 9.06. The average Bonchev–Trinajstić information content (AvgIpc) is 2.18. The van der Waals surface area contributed by atoms with Crippen LogP contribution >= 0.6 is 25.3 Å². The molecule has 0 aliphatic carbocycles. The SMILES string of the molecule is C=CC=O.CS.O=CCCCS. The van der Waals surface area contributed by atoms with E-state index in [1.165, 1.54) is 6.08 Å². The van der Waals surface area contributed by atoms with Gasteiger partial charge in [-0.3, -0.25) is 4.79 Å². The number of carbonyl (C=O) groups excluding carboxylic acids is 2. The normalized spacial score (nSPS) is 6.25. The second-order valence-electron chi connectivity index (χ2n) is 1.40. The Kier molecular flexibility index (Phi) is 45.7.